The number of hydrogen-bond acceptors (Lipinski definition) is 2. The maximum atomic E-state index is 2.48. The summed E-state index contributed by atoms with van der Waals surface area (Å²) in [5.41, 5.74) is 8.22. The fourth-order valence-corrected chi connectivity index (χ4v) is 8.84. The molecule has 0 atom stereocenters. The van der Waals surface area contributed by atoms with Crippen molar-refractivity contribution in [1.29, 1.82) is 0 Å². The van der Waals surface area contributed by atoms with E-state index in [9.17, 15) is 0 Å². The minimum absolute atomic E-state index is 1.13. The van der Waals surface area contributed by atoms with Crippen molar-refractivity contribution >= 4 is 80.9 Å². The van der Waals surface area contributed by atoms with Gasteiger partial charge >= 0.3 is 0 Å². The summed E-state index contributed by atoms with van der Waals surface area (Å²) in [7, 11) is 0. The largest absolute Gasteiger partial charge is 0.309 e. The van der Waals surface area contributed by atoms with Crippen LogP contribution in [0, 0.1) is 0 Å². The van der Waals surface area contributed by atoms with Crippen LogP contribution >= 0.6 is 11.3 Å². The van der Waals surface area contributed by atoms with Crippen LogP contribution in [0.15, 0.2) is 188 Å². The smallest absolute Gasteiger partial charge is 0.0540 e. The Morgan fingerprint density at radius 2 is 0.920 bits per heavy atom. The highest BCUT2D eigenvalue weighted by Gasteiger charge is 2.22. The molecule has 0 aliphatic rings. The zero-order chi connectivity index (χ0) is 33.0. The molecule has 0 saturated heterocycles. The summed E-state index contributed by atoms with van der Waals surface area (Å²) >= 11 is 1.86. The first-order valence-electron chi connectivity index (χ1n) is 17.1. The number of benzene rings is 9. The molecule has 10 aromatic rings. The van der Waals surface area contributed by atoms with Gasteiger partial charge in [0.2, 0.25) is 0 Å². The van der Waals surface area contributed by atoms with Gasteiger partial charge in [-0.2, -0.15) is 0 Å². The number of thiophene rings is 1. The number of nitrogens with zero attached hydrogens (tertiary/aromatic N) is 1. The fourth-order valence-electron chi connectivity index (χ4n) is 7.70. The third kappa shape index (κ3) is 4.69. The molecule has 0 spiro atoms. The molecule has 50 heavy (non-hydrogen) atoms. The molecule has 2 heteroatoms. The van der Waals surface area contributed by atoms with Crippen LogP contribution in [0.3, 0.4) is 0 Å². The molecular formula is C48H31NS. The molecule has 0 amide bonds. The maximum Gasteiger partial charge on any atom is 0.0540 e. The van der Waals surface area contributed by atoms with Crippen LogP contribution in [0.25, 0.3) is 74.7 Å². The summed E-state index contributed by atoms with van der Waals surface area (Å²) in [5, 5.41) is 10.1. The van der Waals surface area contributed by atoms with E-state index in [0.717, 1.165) is 17.1 Å². The lowest BCUT2D eigenvalue weighted by Gasteiger charge is -2.30. The normalized spacial score (nSPS) is 11.6. The molecular weight excluding hydrogens is 623 g/mol. The second kappa shape index (κ2) is 11.7. The zero-order valence-electron chi connectivity index (χ0n) is 27.3. The summed E-state index contributed by atoms with van der Waals surface area (Å²) in [6.07, 6.45) is 0. The number of anilines is 3. The van der Waals surface area contributed by atoms with Crippen molar-refractivity contribution in [3.63, 3.8) is 0 Å². The van der Waals surface area contributed by atoms with Crippen LogP contribution in [0.5, 0.6) is 0 Å². The zero-order valence-corrected chi connectivity index (χ0v) is 28.1. The SMILES string of the molecule is c1ccc(N(c2ccc3c(c2)sc2ccccc23)c2ccccc2-c2cc3ccccc3c3ccccc23)c(-c2ccc3ccccc3c2)c1. The molecule has 1 heterocycles. The topological polar surface area (TPSA) is 3.24 Å². The predicted octanol–water partition coefficient (Wildman–Crippen LogP) is 14.3. The molecule has 0 aliphatic heterocycles. The minimum atomic E-state index is 1.13. The van der Waals surface area contributed by atoms with Gasteiger partial charge in [0.05, 0.1) is 11.4 Å². The van der Waals surface area contributed by atoms with Crippen LogP contribution in [0.1, 0.15) is 0 Å². The molecule has 1 aromatic heterocycles. The van der Waals surface area contributed by atoms with Crippen LogP contribution in [0.2, 0.25) is 0 Å². The first-order valence-corrected chi connectivity index (χ1v) is 17.9. The lowest BCUT2D eigenvalue weighted by Crippen LogP contribution is -2.12. The van der Waals surface area contributed by atoms with E-state index in [-0.39, 0.29) is 0 Å². The van der Waals surface area contributed by atoms with Crippen molar-refractivity contribution in [2.45, 2.75) is 0 Å². The van der Waals surface area contributed by atoms with Crippen molar-refractivity contribution in [2.24, 2.45) is 0 Å². The van der Waals surface area contributed by atoms with Gasteiger partial charge in [0.1, 0.15) is 0 Å². The van der Waals surface area contributed by atoms with Gasteiger partial charge in [0.25, 0.3) is 0 Å². The van der Waals surface area contributed by atoms with Crippen molar-refractivity contribution in [3.05, 3.63) is 188 Å². The van der Waals surface area contributed by atoms with E-state index in [1.807, 2.05) is 11.3 Å². The second-order valence-electron chi connectivity index (χ2n) is 12.9. The summed E-state index contributed by atoms with van der Waals surface area (Å²) < 4.78 is 2.59. The molecule has 0 unspecified atom stereocenters. The third-order valence-corrected chi connectivity index (χ3v) is 11.2. The van der Waals surface area contributed by atoms with Gasteiger partial charge in [-0.25, -0.2) is 0 Å². The van der Waals surface area contributed by atoms with E-state index < -0.39 is 0 Å². The lowest BCUT2D eigenvalue weighted by molar-refractivity contribution is 1.29. The quantitative estimate of drug-likeness (QED) is 0.167. The van der Waals surface area contributed by atoms with Gasteiger partial charge in [-0.3, -0.25) is 0 Å². The molecule has 0 bridgehead atoms. The average Bonchev–Trinajstić information content (AvgIpc) is 3.56. The highest BCUT2D eigenvalue weighted by Crippen LogP contribution is 2.48. The average molecular weight is 654 g/mol. The Hall–Kier alpha value is -6.22. The van der Waals surface area contributed by atoms with E-state index in [1.54, 1.807) is 0 Å². The second-order valence-corrected chi connectivity index (χ2v) is 14.0. The Morgan fingerprint density at radius 3 is 1.76 bits per heavy atom. The lowest BCUT2D eigenvalue weighted by atomic mass is 9.91. The summed E-state index contributed by atoms with van der Waals surface area (Å²) in [6, 6.07) is 68.9. The Morgan fingerprint density at radius 1 is 0.320 bits per heavy atom. The minimum Gasteiger partial charge on any atom is -0.309 e. The number of fused-ring (bicyclic) bond motifs is 7. The first kappa shape index (κ1) is 28.8. The van der Waals surface area contributed by atoms with E-state index in [2.05, 4.69) is 193 Å². The van der Waals surface area contributed by atoms with Crippen molar-refractivity contribution in [2.75, 3.05) is 4.90 Å². The van der Waals surface area contributed by atoms with Gasteiger partial charge in [0.15, 0.2) is 0 Å². The Bertz CT molecular complexity index is 2900. The van der Waals surface area contributed by atoms with Gasteiger partial charge in [-0.15, -0.1) is 11.3 Å². The predicted molar refractivity (Wildman–Crippen MR) is 217 cm³/mol. The molecule has 0 N–H and O–H groups in total. The van der Waals surface area contributed by atoms with Gasteiger partial charge in [-0.1, -0.05) is 146 Å². The standard InChI is InChI=1S/C48H31NS/c1-2-14-33-29-35(26-25-32(33)13-1)38-17-7-10-22-45(38)49(36-27-28-43-42-21-9-12-24-47(42)50-48(43)31-36)46-23-11-8-20-41(46)44-30-34-15-3-4-16-37(34)39-18-5-6-19-40(39)44/h1-31H. The molecule has 0 radical (unpaired) electrons. The van der Waals surface area contributed by atoms with Crippen LogP contribution < -0.4 is 4.90 Å². The number of para-hydroxylation sites is 2. The Kier molecular flexibility index (Phi) is 6.75. The maximum absolute atomic E-state index is 2.48. The molecule has 9 aromatic carbocycles. The third-order valence-electron chi connectivity index (χ3n) is 10.0. The summed E-state index contributed by atoms with van der Waals surface area (Å²) in [5.74, 6) is 0. The van der Waals surface area contributed by atoms with Crippen molar-refractivity contribution in [1.82, 2.24) is 0 Å². The highest BCUT2D eigenvalue weighted by atomic mass is 32.1. The van der Waals surface area contributed by atoms with Crippen LogP contribution in [-0.4, -0.2) is 0 Å². The monoisotopic (exact) mass is 653 g/mol. The molecule has 10 rings (SSSR count). The molecule has 1 nitrogen and oxygen atoms in total. The van der Waals surface area contributed by atoms with E-state index in [1.165, 1.54) is 74.7 Å². The van der Waals surface area contributed by atoms with Crippen LogP contribution in [0.4, 0.5) is 17.1 Å². The first-order chi connectivity index (χ1) is 24.8. The number of hydrogen-bond donors (Lipinski definition) is 0. The van der Waals surface area contributed by atoms with Gasteiger partial charge in [0, 0.05) is 37.0 Å². The van der Waals surface area contributed by atoms with E-state index >= 15 is 0 Å². The molecule has 234 valence electrons. The highest BCUT2D eigenvalue weighted by molar-refractivity contribution is 7.25. The Labute approximate surface area is 294 Å². The molecule has 0 aliphatic carbocycles. The molecule has 0 fully saturated rings. The van der Waals surface area contributed by atoms with Crippen LogP contribution in [-0.2, 0) is 0 Å². The van der Waals surface area contributed by atoms with E-state index in [4.69, 9.17) is 0 Å². The fraction of sp³-hybridized carbons (Fsp3) is 0. The van der Waals surface area contributed by atoms with Gasteiger partial charge < -0.3 is 4.90 Å². The van der Waals surface area contributed by atoms with Gasteiger partial charge in [-0.05, 0) is 85.9 Å². The number of rotatable bonds is 5. The van der Waals surface area contributed by atoms with Crippen molar-refractivity contribution in [3.8, 4) is 22.3 Å². The summed E-state index contributed by atoms with van der Waals surface area (Å²) in [6.45, 7) is 0. The van der Waals surface area contributed by atoms with E-state index in [0.29, 0.717) is 0 Å². The van der Waals surface area contributed by atoms with Crippen molar-refractivity contribution < 1.29 is 0 Å². The summed E-state index contributed by atoms with van der Waals surface area (Å²) in [4.78, 5) is 2.48. The Balaban J connectivity index is 1.26. The molecule has 0 saturated carbocycles.